The molecule has 2 N–H and O–H groups in total. The van der Waals surface area contributed by atoms with E-state index in [9.17, 15) is 13.2 Å². The first-order valence-corrected chi connectivity index (χ1v) is 16.8. The number of pyridine rings is 1. The molecule has 0 aliphatic carbocycles. The van der Waals surface area contributed by atoms with Crippen molar-refractivity contribution in [3.05, 3.63) is 71.4 Å². The first kappa shape index (κ1) is 30.8. The molecule has 0 spiro atoms. The number of hydrogen-bond donors (Lipinski definition) is 2. The van der Waals surface area contributed by atoms with E-state index in [4.69, 9.17) is 30.5 Å². The molecule has 0 atom stereocenters. The predicted octanol–water partition coefficient (Wildman–Crippen LogP) is 5.90. The maximum Gasteiger partial charge on any atom is 0.323 e. The molecule has 1 fully saturated rings. The van der Waals surface area contributed by atoms with E-state index in [2.05, 4.69) is 20.5 Å². The molecule has 11 nitrogen and oxygen atoms in total. The molecule has 1 aromatic heterocycles. The van der Waals surface area contributed by atoms with Crippen molar-refractivity contribution in [2.45, 2.75) is 13.3 Å². The number of rotatable bonds is 9. The van der Waals surface area contributed by atoms with Crippen LogP contribution in [0.15, 0.2) is 60.8 Å². The number of nitrogens with zero attached hydrogens (tertiary/aromatic N) is 2. The fourth-order valence-corrected chi connectivity index (χ4v) is 6.55. The van der Waals surface area contributed by atoms with Crippen molar-refractivity contribution in [2.75, 3.05) is 61.6 Å². The Hall–Kier alpha value is -4.26. The van der Waals surface area contributed by atoms with Gasteiger partial charge in [-0.05, 0) is 67.4 Å². The summed E-state index contributed by atoms with van der Waals surface area (Å²) in [5, 5.41) is 6.90. The molecule has 6 rings (SSSR count). The summed E-state index contributed by atoms with van der Waals surface area (Å²) in [5.74, 6) is 3.03. The highest BCUT2D eigenvalue weighted by atomic mass is 35.5. The summed E-state index contributed by atoms with van der Waals surface area (Å²) in [6.45, 7) is 4.91. The minimum atomic E-state index is -2.90. The third-order valence-corrected chi connectivity index (χ3v) is 9.55. The lowest BCUT2D eigenvalue weighted by Crippen LogP contribution is -2.40. The zero-order chi connectivity index (χ0) is 31.4. The number of carbonyl (C=O) groups excluding carboxylic acids is 1. The highest BCUT2D eigenvalue weighted by molar-refractivity contribution is 7.91. The first-order chi connectivity index (χ1) is 21.7. The molecule has 0 saturated carbocycles. The number of anilines is 2. The largest absolute Gasteiger partial charge is 0.489 e. The van der Waals surface area contributed by atoms with Gasteiger partial charge in [-0.25, -0.2) is 13.2 Å². The normalized spacial score (nSPS) is 15.8. The van der Waals surface area contributed by atoms with Crippen molar-refractivity contribution in [3.8, 4) is 28.7 Å². The van der Waals surface area contributed by atoms with Crippen LogP contribution in [0.4, 0.5) is 16.2 Å². The summed E-state index contributed by atoms with van der Waals surface area (Å²) < 4.78 is 47.8. The van der Waals surface area contributed by atoms with Crippen LogP contribution in [-0.4, -0.2) is 75.3 Å². The molecule has 4 aromatic rings. The van der Waals surface area contributed by atoms with Gasteiger partial charge in [-0.1, -0.05) is 11.6 Å². The summed E-state index contributed by atoms with van der Waals surface area (Å²) >= 11 is 6.07. The number of benzene rings is 3. The Morgan fingerprint density at radius 1 is 0.956 bits per heavy atom. The summed E-state index contributed by atoms with van der Waals surface area (Å²) in [5.41, 5.74) is 2.72. The van der Waals surface area contributed by atoms with Crippen molar-refractivity contribution in [1.82, 2.24) is 9.88 Å². The van der Waals surface area contributed by atoms with Crippen molar-refractivity contribution >= 4 is 49.7 Å². The number of nitrogens with one attached hydrogen (secondary N) is 2. The maximum absolute atomic E-state index is 12.5. The van der Waals surface area contributed by atoms with Crippen molar-refractivity contribution in [3.63, 3.8) is 0 Å². The fourth-order valence-electron chi connectivity index (χ4n) is 5.16. The van der Waals surface area contributed by atoms with Crippen LogP contribution in [-0.2, 0) is 9.84 Å². The number of fused-ring (bicyclic) bond motifs is 3. The number of amides is 2. The van der Waals surface area contributed by atoms with Crippen molar-refractivity contribution in [1.29, 1.82) is 0 Å². The van der Waals surface area contributed by atoms with Crippen LogP contribution in [0, 0.1) is 6.92 Å². The van der Waals surface area contributed by atoms with E-state index in [0.29, 0.717) is 89.0 Å². The van der Waals surface area contributed by atoms with Gasteiger partial charge in [0.2, 0.25) is 5.75 Å². The second-order valence-electron chi connectivity index (χ2n) is 10.8. The van der Waals surface area contributed by atoms with E-state index in [1.807, 2.05) is 13.0 Å². The number of ether oxygens (including phenoxy) is 4. The number of urea groups is 1. The number of halogens is 1. The average Bonchev–Trinajstić information content (AvgIpc) is 3.02. The van der Waals surface area contributed by atoms with Gasteiger partial charge in [0.05, 0.1) is 29.0 Å². The SMILES string of the molecule is Cc1cc(NC(=O)Nc2ccc(Oc3ccnc4cc(OCCCN5CCS(=O)(=O)CC5)c5c(c34)OCCO5)cc2)ccc1Cl. The van der Waals surface area contributed by atoms with Gasteiger partial charge in [-0.2, -0.15) is 0 Å². The number of hydrogen-bond acceptors (Lipinski definition) is 9. The van der Waals surface area contributed by atoms with E-state index < -0.39 is 9.84 Å². The Morgan fingerprint density at radius 3 is 2.42 bits per heavy atom. The highest BCUT2D eigenvalue weighted by Gasteiger charge is 2.25. The van der Waals surface area contributed by atoms with Gasteiger partial charge in [-0.3, -0.25) is 4.98 Å². The summed E-state index contributed by atoms with van der Waals surface area (Å²) in [6, 6.07) is 15.5. The van der Waals surface area contributed by atoms with Gasteiger partial charge >= 0.3 is 6.03 Å². The fraction of sp³-hybridized carbons (Fsp3) is 0.312. The van der Waals surface area contributed by atoms with Crippen LogP contribution in [0.25, 0.3) is 10.9 Å². The Balaban J connectivity index is 1.12. The number of sulfone groups is 1. The monoisotopic (exact) mass is 652 g/mol. The standard InChI is InChI=1S/C32H33ClN4O7S/c1-21-19-23(5-8-25(21)33)36-32(38)35-22-3-6-24(7-4-22)44-27-9-10-34-26-20-28(30-31(29(26)27)43-16-15-42-30)41-14-2-11-37-12-17-45(39,40)18-13-37/h3-10,19-20H,2,11-18H2,1H3,(H2,35,36,38). The van der Waals surface area contributed by atoms with Gasteiger partial charge in [0.25, 0.3) is 0 Å². The van der Waals surface area contributed by atoms with Gasteiger partial charge in [0.15, 0.2) is 21.3 Å². The van der Waals surface area contributed by atoms with Crippen LogP contribution < -0.4 is 29.6 Å². The van der Waals surface area contributed by atoms with Gasteiger partial charge in [-0.15, -0.1) is 0 Å². The van der Waals surface area contributed by atoms with Gasteiger partial charge in [0, 0.05) is 48.3 Å². The molecule has 2 amide bonds. The molecule has 2 aliphatic heterocycles. The second kappa shape index (κ2) is 13.4. The molecule has 45 heavy (non-hydrogen) atoms. The Kier molecular flexibility index (Phi) is 9.15. The molecule has 236 valence electrons. The summed E-state index contributed by atoms with van der Waals surface area (Å²) in [6.07, 6.45) is 2.39. The molecule has 0 bridgehead atoms. The molecule has 0 radical (unpaired) electrons. The first-order valence-electron chi connectivity index (χ1n) is 14.6. The molecule has 1 saturated heterocycles. The topological polar surface area (TPSA) is 128 Å². The quantitative estimate of drug-likeness (QED) is 0.212. The Labute approximate surface area is 266 Å². The van der Waals surface area contributed by atoms with Gasteiger partial charge < -0.3 is 34.5 Å². The Morgan fingerprint density at radius 2 is 1.67 bits per heavy atom. The Bertz CT molecular complexity index is 1810. The number of aromatic nitrogens is 1. The lowest BCUT2D eigenvalue weighted by atomic mass is 10.1. The van der Waals surface area contributed by atoms with Crippen LogP contribution in [0.1, 0.15) is 12.0 Å². The lowest BCUT2D eigenvalue weighted by molar-refractivity contribution is 0.162. The second-order valence-corrected chi connectivity index (χ2v) is 13.5. The zero-order valence-corrected chi connectivity index (χ0v) is 26.2. The molecule has 3 heterocycles. The van der Waals surface area contributed by atoms with E-state index in [1.54, 1.807) is 54.7 Å². The average molecular weight is 653 g/mol. The van der Waals surface area contributed by atoms with Crippen LogP contribution >= 0.6 is 11.6 Å². The molecular weight excluding hydrogens is 620 g/mol. The van der Waals surface area contributed by atoms with E-state index in [1.165, 1.54) is 0 Å². The van der Waals surface area contributed by atoms with E-state index in [-0.39, 0.29) is 17.5 Å². The van der Waals surface area contributed by atoms with Crippen molar-refractivity contribution < 1.29 is 32.2 Å². The van der Waals surface area contributed by atoms with Crippen molar-refractivity contribution in [2.24, 2.45) is 0 Å². The van der Waals surface area contributed by atoms with E-state index >= 15 is 0 Å². The molecule has 3 aromatic carbocycles. The zero-order valence-electron chi connectivity index (χ0n) is 24.7. The van der Waals surface area contributed by atoms with Crippen LogP contribution in [0.3, 0.4) is 0 Å². The number of aryl methyl sites for hydroxylation is 1. The van der Waals surface area contributed by atoms with Crippen LogP contribution in [0.2, 0.25) is 5.02 Å². The van der Waals surface area contributed by atoms with E-state index in [0.717, 1.165) is 18.5 Å². The molecule has 0 unspecified atom stereocenters. The summed E-state index contributed by atoms with van der Waals surface area (Å²) in [4.78, 5) is 19.2. The number of carbonyl (C=O) groups is 1. The minimum Gasteiger partial charge on any atom is -0.489 e. The molecule has 2 aliphatic rings. The van der Waals surface area contributed by atoms with Gasteiger partial charge in [0.1, 0.15) is 24.7 Å². The maximum atomic E-state index is 12.5. The third kappa shape index (κ3) is 7.52. The van der Waals surface area contributed by atoms with Crippen LogP contribution in [0.5, 0.6) is 28.7 Å². The molecular formula is C32H33ClN4O7S. The summed E-state index contributed by atoms with van der Waals surface area (Å²) in [7, 11) is -2.90. The lowest BCUT2D eigenvalue weighted by Gasteiger charge is -2.26. The predicted molar refractivity (Wildman–Crippen MR) is 173 cm³/mol. The minimum absolute atomic E-state index is 0.205. The third-order valence-electron chi connectivity index (χ3n) is 7.51. The smallest absolute Gasteiger partial charge is 0.323 e. The highest BCUT2D eigenvalue weighted by Crippen LogP contribution is 2.48. The molecule has 13 heteroatoms.